The standard InChI is InChI=1S/C13H17F2N/c14-13(15,11-5-2-1-3-6-11)12-7-4-9-16-10-8-12/h1-3,5-6,12,16H,4,7-10H2. The molecule has 88 valence electrons. The molecule has 1 atom stereocenters. The van der Waals surface area contributed by atoms with Gasteiger partial charge in [-0.05, 0) is 32.4 Å². The molecule has 0 aromatic heterocycles. The molecule has 1 heterocycles. The molecule has 1 unspecified atom stereocenters. The van der Waals surface area contributed by atoms with E-state index in [1.807, 2.05) is 0 Å². The Morgan fingerprint density at radius 1 is 1.06 bits per heavy atom. The fourth-order valence-corrected chi connectivity index (χ4v) is 2.28. The van der Waals surface area contributed by atoms with Crippen molar-refractivity contribution < 1.29 is 8.78 Å². The lowest BCUT2D eigenvalue weighted by molar-refractivity contribution is -0.0694. The molecule has 1 fully saturated rings. The first-order valence-corrected chi connectivity index (χ1v) is 5.85. The van der Waals surface area contributed by atoms with E-state index < -0.39 is 11.8 Å². The maximum atomic E-state index is 14.2. The zero-order chi connectivity index (χ0) is 11.4. The highest BCUT2D eigenvalue weighted by atomic mass is 19.3. The number of hydrogen-bond donors (Lipinski definition) is 1. The van der Waals surface area contributed by atoms with Crippen molar-refractivity contribution in [3.63, 3.8) is 0 Å². The van der Waals surface area contributed by atoms with Gasteiger partial charge in [-0.1, -0.05) is 30.3 Å². The predicted octanol–water partition coefficient (Wildman–Crippen LogP) is 3.17. The Labute approximate surface area is 94.9 Å². The van der Waals surface area contributed by atoms with Gasteiger partial charge in [-0.2, -0.15) is 0 Å². The number of benzene rings is 1. The molecule has 1 aliphatic heterocycles. The highest BCUT2D eigenvalue weighted by Crippen LogP contribution is 2.40. The summed E-state index contributed by atoms with van der Waals surface area (Å²) in [6.45, 7) is 1.56. The van der Waals surface area contributed by atoms with Crippen LogP contribution in [0.1, 0.15) is 24.8 Å². The third-order valence-corrected chi connectivity index (χ3v) is 3.25. The van der Waals surface area contributed by atoms with Gasteiger partial charge in [-0.15, -0.1) is 0 Å². The first kappa shape index (κ1) is 11.5. The fraction of sp³-hybridized carbons (Fsp3) is 0.538. The van der Waals surface area contributed by atoms with Crippen LogP contribution in [0, 0.1) is 5.92 Å². The van der Waals surface area contributed by atoms with Gasteiger partial charge in [0.2, 0.25) is 0 Å². The Morgan fingerprint density at radius 3 is 2.56 bits per heavy atom. The minimum absolute atomic E-state index is 0.155. The average molecular weight is 225 g/mol. The lowest BCUT2D eigenvalue weighted by atomic mass is 9.89. The number of hydrogen-bond acceptors (Lipinski definition) is 1. The van der Waals surface area contributed by atoms with Gasteiger partial charge in [0.15, 0.2) is 0 Å². The molecule has 0 aliphatic carbocycles. The summed E-state index contributed by atoms with van der Waals surface area (Å²) in [7, 11) is 0. The van der Waals surface area contributed by atoms with Crippen LogP contribution in [0.2, 0.25) is 0 Å². The van der Waals surface area contributed by atoms with Crippen LogP contribution in [0.4, 0.5) is 8.78 Å². The maximum absolute atomic E-state index is 14.2. The van der Waals surface area contributed by atoms with Crippen LogP contribution >= 0.6 is 0 Å². The third-order valence-electron chi connectivity index (χ3n) is 3.25. The van der Waals surface area contributed by atoms with Crippen LogP contribution in [0.3, 0.4) is 0 Å². The van der Waals surface area contributed by atoms with E-state index >= 15 is 0 Å². The Balaban J connectivity index is 2.16. The van der Waals surface area contributed by atoms with Gasteiger partial charge in [0.25, 0.3) is 5.92 Å². The molecule has 1 aromatic carbocycles. The second-order valence-electron chi connectivity index (χ2n) is 4.37. The summed E-state index contributed by atoms with van der Waals surface area (Å²) in [5.74, 6) is -3.21. The SMILES string of the molecule is FC(F)(c1ccccc1)C1CCCNCC1. The molecular weight excluding hydrogens is 208 g/mol. The highest BCUT2D eigenvalue weighted by Gasteiger charge is 2.40. The monoisotopic (exact) mass is 225 g/mol. The second kappa shape index (κ2) is 4.91. The van der Waals surface area contributed by atoms with Gasteiger partial charge < -0.3 is 5.32 Å². The molecule has 3 heteroatoms. The van der Waals surface area contributed by atoms with Gasteiger partial charge in [-0.25, -0.2) is 8.78 Å². The quantitative estimate of drug-likeness (QED) is 0.815. The van der Waals surface area contributed by atoms with E-state index in [0.29, 0.717) is 19.4 Å². The zero-order valence-corrected chi connectivity index (χ0v) is 9.26. The summed E-state index contributed by atoms with van der Waals surface area (Å²) < 4.78 is 28.4. The molecule has 2 rings (SSSR count). The van der Waals surface area contributed by atoms with Crippen LogP contribution in [0.25, 0.3) is 0 Å². The van der Waals surface area contributed by atoms with E-state index in [1.54, 1.807) is 18.2 Å². The molecule has 1 saturated heterocycles. The Hall–Kier alpha value is -0.960. The molecule has 0 saturated carbocycles. The summed E-state index contributed by atoms with van der Waals surface area (Å²) in [4.78, 5) is 0. The molecule has 1 aromatic rings. The van der Waals surface area contributed by atoms with Gasteiger partial charge in [0, 0.05) is 11.5 Å². The van der Waals surface area contributed by atoms with E-state index in [-0.39, 0.29) is 5.56 Å². The molecule has 1 N–H and O–H groups in total. The van der Waals surface area contributed by atoms with Crippen LogP contribution in [-0.4, -0.2) is 13.1 Å². The molecule has 0 amide bonds. The molecule has 1 nitrogen and oxygen atoms in total. The lowest BCUT2D eigenvalue weighted by Crippen LogP contribution is -2.26. The summed E-state index contributed by atoms with van der Waals surface area (Å²) in [6.07, 6.45) is 2.00. The van der Waals surface area contributed by atoms with Gasteiger partial charge in [-0.3, -0.25) is 0 Å². The van der Waals surface area contributed by atoms with E-state index in [1.165, 1.54) is 12.1 Å². The normalized spacial score (nSPS) is 22.8. The van der Waals surface area contributed by atoms with E-state index in [4.69, 9.17) is 0 Å². The smallest absolute Gasteiger partial charge is 0.276 e. The summed E-state index contributed by atoms with van der Waals surface area (Å²) >= 11 is 0. The summed E-state index contributed by atoms with van der Waals surface area (Å²) in [5, 5.41) is 3.17. The number of nitrogens with one attached hydrogen (secondary N) is 1. The molecule has 16 heavy (non-hydrogen) atoms. The van der Waals surface area contributed by atoms with Gasteiger partial charge >= 0.3 is 0 Å². The highest BCUT2D eigenvalue weighted by molar-refractivity contribution is 5.20. The Bertz CT molecular complexity index is 316. The van der Waals surface area contributed by atoms with E-state index in [2.05, 4.69) is 5.32 Å². The number of halogens is 2. The van der Waals surface area contributed by atoms with Gasteiger partial charge in [0.1, 0.15) is 0 Å². The first-order chi connectivity index (χ1) is 7.71. The zero-order valence-electron chi connectivity index (χ0n) is 9.26. The van der Waals surface area contributed by atoms with Crippen molar-refractivity contribution >= 4 is 0 Å². The predicted molar refractivity (Wildman–Crippen MR) is 60.5 cm³/mol. The van der Waals surface area contributed by atoms with Crippen molar-refractivity contribution in [2.75, 3.05) is 13.1 Å². The third kappa shape index (κ3) is 2.40. The van der Waals surface area contributed by atoms with E-state index in [0.717, 1.165) is 13.0 Å². The van der Waals surface area contributed by atoms with Crippen molar-refractivity contribution in [2.45, 2.75) is 25.2 Å². The van der Waals surface area contributed by atoms with E-state index in [9.17, 15) is 8.78 Å². The van der Waals surface area contributed by atoms with Crippen molar-refractivity contribution in [3.8, 4) is 0 Å². The summed E-state index contributed by atoms with van der Waals surface area (Å²) in [5.41, 5.74) is 0.155. The van der Waals surface area contributed by atoms with Crippen molar-refractivity contribution in [1.29, 1.82) is 0 Å². The van der Waals surface area contributed by atoms with Gasteiger partial charge in [0.05, 0.1) is 0 Å². The molecular formula is C13H17F2N. The number of alkyl halides is 2. The number of rotatable bonds is 2. The van der Waals surface area contributed by atoms with Crippen LogP contribution in [0.15, 0.2) is 30.3 Å². The Kier molecular flexibility index (Phi) is 3.54. The van der Waals surface area contributed by atoms with Crippen LogP contribution < -0.4 is 5.32 Å². The van der Waals surface area contributed by atoms with Crippen molar-refractivity contribution in [1.82, 2.24) is 5.32 Å². The van der Waals surface area contributed by atoms with Crippen molar-refractivity contribution in [2.24, 2.45) is 5.92 Å². The molecule has 0 bridgehead atoms. The largest absolute Gasteiger partial charge is 0.317 e. The minimum Gasteiger partial charge on any atom is -0.317 e. The van der Waals surface area contributed by atoms with Crippen molar-refractivity contribution in [3.05, 3.63) is 35.9 Å². The molecule has 0 spiro atoms. The Morgan fingerprint density at radius 2 is 1.81 bits per heavy atom. The molecule has 1 aliphatic rings. The average Bonchev–Trinajstić information content (AvgIpc) is 2.59. The topological polar surface area (TPSA) is 12.0 Å². The van der Waals surface area contributed by atoms with Crippen LogP contribution in [0.5, 0.6) is 0 Å². The fourth-order valence-electron chi connectivity index (χ4n) is 2.28. The summed E-state index contributed by atoms with van der Waals surface area (Å²) in [6, 6.07) is 8.18. The first-order valence-electron chi connectivity index (χ1n) is 5.85. The maximum Gasteiger partial charge on any atom is 0.276 e. The minimum atomic E-state index is -2.69. The van der Waals surface area contributed by atoms with Crippen LogP contribution in [-0.2, 0) is 5.92 Å². The lowest BCUT2D eigenvalue weighted by Gasteiger charge is -2.25. The molecule has 0 radical (unpaired) electrons. The second-order valence-corrected chi connectivity index (χ2v) is 4.37.